The van der Waals surface area contributed by atoms with Crippen molar-refractivity contribution in [3.8, 4) is 0 Å². The molecule has 0 aromatic heterocycles. The zero-order valence-corrected chi connectivity index (χ0v) is 11.1. The summed E-state index contributed by atoms with van der Waals surface area (Å²) in [4.78, 5) is 13.8. The molecule has 1 amide bonds. The van der Waals surface area contributed by atoms with Crippen LogP contribution in [0.25, 0.3) is 0 Å². The van der Waals surface area contributed by atoms with Gasteiger partial charge in [0.1, 0.15) is 6.61 Å². The van der Waals surface area contributed by atoms with E-state index in [1.54, 1.807) is 4.90 Å². The average molecular weight is 261 g/mol. The summed E-state index contributed by atoms with van der Waals surface area (Å²) in [6, 6.07) is 9.55. The number of hydrogen-bond donors (Lipinski definition) is 1. The van der Waals surface area contributed by atoms with E-state index >= 15 is 0 Å². The van der Waals surface area contributed by atoms with Crippen molar-refractivity contribution < 1.29 is 14.6 Å². The molecule has 1 saturated carbocycles. The predicted octanol–water partition coefficient (Wildman–Crippen LogP) is 2.17. The lowest BCUT2D eigenvalue weighted by atomic mass is 9.95. The first-order valence-corrected chi connectivity index (χ1v) is 6.76. The van der Waals surface area contributed by atoms with Crippen LogP contribution in [0.15, 0.2) is 30.3 Å². The Bertz CT molecular complexity index is 472. The van der Waals surface area contributed by atoms with Gasteiger partial charge in [-0.2, -0.15) is 0 Å². The number of rotatable bonds is 2. The van der Waals surface area contributed by atoms with E-state index in [4.69, 9.17) is 4.74 Å². The largest absolute Gasteiger partial charge is 0.445 e. The number of fused-ring (bicyclic) bond motifs is 2. The Morgan fingerprint density at radius 1 is 1.47 bits per heavy atom. The van der Waals surface area contributed by atoms with Crippen LogP contribution in [0.4, 0.5) is 4.79 Å². The van der Waals surface area contributed by atoms with Crippen molar-refractivity contribution in [3.63, 3.8) is 0 Å². The van der Waals surface area contributed by atoms with Gasteiger partial charge in [-0.3, -0.25) is 0 Å². The number of carbonyl (C=O) groups is 1. The first-order valence-electron chi connectivity index (χ1n) is 6.76. The molecule has 102 valence electrons. The number of likely N-dealkylation sites (tertiary alicyclic amines) is 1. The van der Waals surface area contributed by atoms with Crippen LogP contribution < -0.4 is 0 Å². The van der Waals surface area contributed by atoms with Crippen molar-refractivity contribution in [1.82, 2.24) is 4.90 Å². The van der Waals surface area contributed by atoms with Crippen LogP contribution in [0.2, 0.25) is 0 Å². The molecular formula is C15H19NO3. The molecule has 2 aliphatic rings. The molecule has 1 aliphatic heterocycles. The summed E-state index contributed by atoms with van der Waals surface area (Å²) in [5.74, 6) is 0.421. The molecule has 2 bridgehead atoms. The summed E-state index contributed by atoms with van der Waals surface area (Å²) < 4.78 is 5.33. The summed E-state index contributed by atoms with van der Waals surface area (Å²) in [6.45, 7) is 2.82. The number of benzene rings is 1. The van der Waals surface area contributed by atoms with Gasteiger partial charge >= 0.3 is 6.09 Å². The number of aliphatic hydroxyl groups is 1. The minimum Gasteiger partial charge on any atom is -0.445 e. The quantitative estimate of drug-likeness (QED) is 0.887. The van der Waals surface area contributed by atoms with E-state index in [1.807, 2.05) is 37.3 Å². The highest BCUT2D eigenvalue weighted by atomic mass is 16.6. The van der Waals surface area contributed by atoms with Crippen molar-refractivity contribution in [2.75, 3.05) is 6.54 Å². The Balaban J connectivity index is 1.60. The molecular weight excluding hydrogens is 242 g/mol. The third-order valence-electron chi connectivity index (χ3n) is 4.25. The fourth-order valence-electron chi connectivity index (χ4n) is 3.38. The van der Waals surface area contributed by atoms with Crippen LogP contribution in [-0.2, 0) is 11.3 Å². The minimum atomic E-state index is -0.755. The lowest BCUT2D eigenvalue weighted by Gasteiger charge is -2.36. The van der Waals surface area contributed by atoms with Crippen molar-refractivity contribution in [3.05, 3.63) is 35.9 Å². The Morgan fingerprint density at radius 2 is 2.21 bits per heavy atom. The molecule has 3 rings (SSSR count). The second kappa shape index (κ2) is 4.53. The van der Waals surface area contributed by atoms with Crippen molar-refractivity contribution in [2.45, 2.75) is 38.0 Å². The van der Waals surface area contributed by atoms with E-state index in [-0.39, 0.29) is 18.7 Å². The van der Waals surface area contributed by atoms with E-state index in [0.717, 1.165) is 18.4 Å². The molecule has 1 aromatic carbocycles. The summed E-state index contributed by atoms with van der Waals surface area (Å²) in [7, 11) is 0. The van der Waals surface area contributed by atoms with Gasteiger partial charge in [0.2, 0.25) is 0 Å². The Hall–Kier alpha value is -1.55. The van der Waals surface area contributed by atoms with E-state index < -0.39 is 5.60 Å². The van der Waals surface area contributed by atoms with E-state index in [1.165, 1.54) is 0 Å². The summed E-state index contributed by atoms with van der Waals surface area (Å²) in [6.07, 6.45) is 1.38. The standard InChI is InChI=1S/C15H19NO3/c1-15(18)8-12-7-13(15)16(9-12)14(17)19-10-11-5-3-2-4-6-11/h2-6,12-13,18H,7-10H2,1H3/t12-,13+,15-/m1/s1. The SMILES string of the molecule is C[C@@]1(O)C[C@H]2C[C@@H]1N(C(=O)OCc1ccccc1)C2. The number of ether oxygens (including phenoxy) is 1. The smallest absolute Gasteiger partial charge is 0.410 e. The third-order valence-corrected chi connectivity index (χ3v) is 4.25. The van der Waals surface area contributed by atoms with Crippen LogP contribution >= 0.6 is 0 Å². The third kappa shape index (κ3) is 2.32. The van der Waals surface area contributed by atoms with E-state index in [9.17, 15) is 9.90 Å². The molecule has 0 radical (unpaired) electrons. The van der Waals surface area contributed by atoms with Crippen LogP contribution in [0.5, 0.6) is 0 Å². The fraction of sp³-hybridized carbons (Fsp3) is 0.533. The molecule has 3 atom stereocenters. The van der Waals surface area contributed by atoms with Gasteiger partial charge in [0, 0.05) is 6.54 Å². The van der Waals surface area contributed by atoms with Crippen LogP contribution in [0, 0.1) is 5.92 Å². The number of amides is 1. The molecule has 1 N–H and O–H groups in total. The average Bonchev–Trinajstić information content (AvgIpc) is 2.93. The maximum Gasteiger partial charge on any atom is 0.410 e. The molecule has 1 heterocycles. The zero-order valence-electron chi connectivity index (χ0n) is 11.1. The highest BCUT2D eigenvalue weighted by Crippen LogP contribution is 2.44. The number of hydrogen-bond acceptors (Lipinski definition) is 3. The van der Waals surface area contributed by atoms with Gasteiger partial charge in [0.25, 0.3) is 0 Å². The minimum absolute atomic E-state index is 0.0826. The molecule has 0 unspecified atom stereocenters. The number of carbonyl (C=O) groups excluding carboxylic acids is 1. The Morgan fingerprint density at radius 3 is 2.84 bits per heavy atom. The highest BCUT2D eigenvalue weighted by Gasteiger charge is 2.53. The molecule has 1 aromatic rings. The summed E-state index contributed by atoms with van der Waals surface area (Å²) in [5, 5.41) is 10.2. The maximum atomic E-state index is 12.1. The van der Waals surface area contributed by atoms with Gasteiger partial charge in [0.15, 0.2) is 0 Å². The van der Waals surface area contributed by atoms with E-state index in [2.05, 4.69) is 0 Å². The lowest BCUT2D eigenvalue weighted by molar-refractivity contribution is -0.0286. The van der Waals surface area contributed by atoms with Gasteiger partial charge in [-0.1, -0.05) is 30.3 Å². The summed E-state index contributed by atoms with van der Waals surface area (Å²) in [5.41, 5.74) is 0.223. The van der Waals surface area contributed by atoms with Gasteiger partial charge < -0.3 is 14.7 Å². The lowest BCUT2D eigenvalue weighted by Crippen LogP contribution is -2.51. The van der Waals surface area contributed by atoms with Crippen LogP contribution in [0.1, 0.15) is 25.3 Å². The summed E-state index contributed by atoms with van der Waals surface area (Å²) >= 11 is 0. The Kier molecular flexibility index (Phi) is 2.97. The zero-order chi connectivity index (χ0) is 13.5. The number of piperidine rings is 1. The van der Waals surface area contributed by atoms with Gasteiger partial charge in [-0.15, -0.1) is 0 Å². The molecule has 1 aliphatic carbocycles. The monoisotopic (exact) mass is 261 g/mol. The van der Waals surface area contributed by atoms with E-state index in [0.29, 0.717) is 12.5 Å². The van der Waals surface area contributed by atoms with Gasteiger partial charge in [-0.25, -0.2) is 4.79 Å². The Labute approximate surface area is 113 Å². The topological polar surface area (TPSA) is 49.8 Å². The van der Waals surface area contributed by atoms with Crippen molar-refractivity contribution in [2.24, 2.45) is 5.92 Å². The first-order chi connectivity index (χ1) is 9.06. The molecule has 4 nitrogen and oxygen atoms in total. The molecule has 4 heteroatoms. The second-order valence-electron chi connectivity index (χ2n) is 5.87. The molecule has 1 saturated heterocycles. The first kappa shape index (κ1) is 12.5. The van der Waals surface area contributed by atoms with Crippen LogP contribution in [0.3, 0.4) is 0 Å². The number of nitrogens with zero attached hydrogens (tertiary/aromatic N) is 1. The highest BCUT2D eigenvalue weighted by molar-refractivity contribution is 5.69. The maximum absolute atomic E-state index is 12.1. The molecule has 2 fully saturated rings. The normalized spacial score (nSPS) is 32.6. The molecule has 0 spiro atoms. The van der Waals surface area contributed by atoms with Crippen molar-refractivity contribution >= 4 is 6.09 Å². The van der Waals surface area contributed by atoms with Gasteiger partial charge in [-0.05, 0) is 31.2 Å². The second-order valence-corrected chi connectivity index (χ2v) is 5.87. The fourth-order valence-corrected chi connectivity index (χ4v) is 3.38. The van der Waals surface area contributed by atoms with Gasteiger partial charge in [0.05, 0.1) is 11.6 Å². The molecule has 19 heavy (non-hydrogen) atoms. The van der Waals surface area contributed by atoms with Crippen LogP contribution in [-0.4, -0.2) is 34.3 Å². The predicted molar refractivity (Wildman–Crippen MR) is 70.5 cm³/mol. The van der Waals surface area contributed by atoms with Crippen molar-refractivity contribution in [1.29, 1.82) is 0 Å².